The van der Waals surface area contributed by atoms with E-state index in [0.29, 0.717) is 10.9 Å². The molecular formula is C18H12F3NOS2. The summed E-state index contributed by atoms with van der Waals surface area (Å²) in [5.74, 6) is -0.379. The van der Waals surface area contributed by atoms with Crippen LogP contribution in [0.4, 0.5) is 13.2 Å². The first-order valence-corrected chi connectivity index (χ1v) is 8.54. The van der Waals surface area contributed by atoms with Gasteiger partial charge in [0.05, 0.1) is 17.0 Å². The van der Waals surface area contributed by atoms with E-state index in [-0.39, 0.29) is 16.4 Å². The van der Waals surface area contributed by atoms with Crippen molar-refractivity contribution in [1.29, 1.82) is 0 Å². The molecule has 0 bridgehead atoms. The second-order valence-corrected chi connectivity index (χ2v) is 7.01. The first kappa shape index (κ1) is 17.7. The van der Waals surface area contributed by atoms with Gasteiger partial charge in [0.2, 0.25) is 0 Å². The first-order valence-electron chi connectivity index (χ1n) is 7.32. The van der Waals surface area contributed by atoms with Gasteiger partial charge in [-0.15, -0.1) is 0 Å². The van der Waals surface area contributed by atoms with Crippen LogP contribution in [0.15, 0.2) is 59.5 Å². The van der Waals surface area contributed by atoms with E-state index in [9.17, 15) is 18.0 Å². The molecule has 128 valence electrons. The Labute approximate surface area is 152 Å². The highest BCUT2D eigenvalue weighted by atomic mass is 32.2. The van der Waals surface area contributed by atoms with Crippen LogP contribution in [0.1, 0.15) is 16.7 Å². The molecule has 0 aliphatic carbocycles. The fourth-order valence-corrected chi connectivity index (χ4v) is 3.67. The van der Waals surface area contributed by atoms with Crippen LogP contribution in [0, 0.1) is 0 Å². The zero-order chi connectivity index (χ0) is 18.0. The lowest BCUT2D eigenvalue weighted by atomic mass is 10.1. The predicted octanol–water partition coefficient (Wildman–Crippen LogP) is 5.11. The molecule has 2 aromatic rings. The van der Waals surface area contributed by atoms with E-state index in [4.69, 9.17) is 12.2 Å². The lowest BCUT2D eigenvalue weighted by molar-refractivity contribution is -0.137. The number of alkyl halides is 3. The summed E-state index contributed by atoms with van der Waals surface area (Å²) in [5, 5.41) is 0. The van der Waals surface area contributed by atoms with E-state index < -0.39 is 11.7 Å². The van der Waals surface area contributed by atoms with Crippen molar-refractivity contribution in [2.75, 3.05) is 0 Å². The Balaban J connectivity index is 1.89. The summed E-state index contributed by atoms with van der Waals surface area (Å²) in [6.45, 7) is 0.295. The number of nitrogens with zero attached hydrogens (tertiary/aromatic N) is 1. The summed E-state index contributed by atoms with van der Waals surface area (Å²) < 4.78 is 39.6. The van der Waals surface area contributed by atoms with Crippen LogP contribution in [0.3, 0.4) is 0 Å². The van der Waals surface area contributed by atoms with Crippen LogP contribution in [-0.2, 0) is 17.5 Å². The van der Waals surface area contributed by atoms with Crippen molar-refractivity contribution in [3.8, 4) is 0 Å². The van der Waals surface area contributed by atoms with Crippen molar-refractivity contribution in [2.45, 2.75) is 12.7 Å². The minimum Gasteiger partial charge on any atom is -0.288 e. The van der Waals surface area contributed by atoms with Gasteiger partial charge in [0.15, 0.2) is 0 Å². The highest BCUT2D eigenvalue weighted by molar-refractivity contribution is 8.26. The number of carbonyl (C=O) groups excluding carboxylic acids is 1. The standard InChI is InChI=1S/C18H12F3NOS2/c19-18(20,21)14-9-5-4-8-13(14)10-15-16(23)22(17(24)25-15)11-12-6-2-1-3-7-12/h1-10H,11H2/b15-10-. The number of rotatable bonds is 3. The molecule has 0 saturated carbocycles. The lowest BCUT2D eigenvalue weighted by Gasteiger charge is -2.14. The summed E-state index contributed by atoms with van der Waals surface area (Å²) in [6, 6.07) is 14.4. The van der Waals surface area contributed by atoms with Crippen molar-refractivity contribution in [2.24, 2.45) is 0 Å². The van der Waals surface area contributed by atoms with Crippen molar-refractivity contribution in [3.63, 3.8) is 0 Å². The quantitative estimate of drug-likeness (QED) is 0.546. The van der Waals surface area contributed by atoms with Crippen LogP contribution in [0.25, 0.3) is 6.08 Å². The highest BCUT2D eigenvalue weighted by Crippen LogP contribution is 2.37. The topological polar surface area (TPSA) is 20.3 Å². The highest BCUT2D eigenvalue weighted by Gasteiger charge is 2.35. The average molecular weight is 379 g/mol. The zero-order valence-corrected chi connectivity index (χ0v) is 14.4. The van der Waals surface area contributed by atoms with E-state index in [0.717, 1.165) is 23.4 Å². The SMILES string of the molecule is O=C1/C(=C/c2ccccc2C(F)(F)F)SC(=S)N1Cc1ccccc1. The third-order valence-corrected chi connectivity index (χ3v) is 4.99. The zero-order valence-electron chi connectivity index (χ0n) is 12.8. The Morgan fingerprint density at radius 3 is 2.36 bits per heavy atom. The van der Waals surface area contributed by atoms with Gasteiger partial charge >= 0.3 is 6.18 Å². The van der Waals surface area contributed by atoms with Gasteiger partial charge in [0.25, 0.3) is 5.91 Å². The monoisotopic (exact) mass is 379 g/mol. The molecule has 1 aliphatic rings. The number of hydrogen-bond donors (Lipinski definition) is 0. The minimum atomic E-state index is -4.48. The second-order valence-electron chi connectivity index (χ2n) is 5.34. The van der Waals surface area contributed by atoms with Crippen LogP contribution in [0.5, 0.6) is 0 Å². The molecular weight excluding hydrogens is 367 g/mol. The summed E-state index contributed by atoms with van der Waals surface area (Å²) in [5.41, 5.74) is 0.0780. The van der Waals surface area contributed by atoms with Crippen LogP contribution in [0.2, 0.25) is 0 Å². The molecule has 25 heavy (non-hydrogen) atoms. The van der Waals surface area contributed by atoms with Gasteiger partial charge in [-0.25, -0.2) is 0 Å². The Kier molecular flexibility index (Phi) is 4.96. The molecule has 2 nitrogen and oxygen atoms in total. The molecule has 0 aromatic heterocycles. The Morgan fingerprint density at radius 1 is 1.04 bits per heavy atom. The molecule has 1 aliphatic heterocycles. The van der Waals surface area contributed by atoms with Crippen molar-refractivity contribution in [1.82, 2.24) is 4.90 Å². The van der Waals surface area contributed by atoms with Gasteiger partial charge in [-0.1, -0.05) is 72.5 Å². The van der Waals surface area contributed by atoms with Gasteiger partial charge in [-0.2, -0.15) is 13.2 Å². The Bertz CT molecular complexity index is 847. The molecule has 1 heterocycles. The summed E-state index contributed by atoms with van der Waals surface area (Å²) in [6.07, 6.45) is -3.22. The van der Waals surface area contributed by atoms with Crippen molar-refractivity contribution < 1.29 is 18.0 Å². The minimum absolute atomic E-state index is 0.0461. The van der Waals surface area contributed by atoms with Gasteiger partial charge in [-0.3, -0.25) is 9.69 Å². The summed E-state index contributed by atoms with van der Waals surface area (Å²) >= 11 is 6.24. The molecule has 7 heteroatoms. The van der Waals surface area contributed by atoms with E-state index in [1.165, 1.54) is 29.2 Å². The summed E-state index contributed by atoms with van der Waals surface area (Å²) in [7, 11) is 0. The maximum atomic E-state index is 13.1. The average Bonchev–Trinajstić information content (AvgIpc) is 2.83. The summed E-state index contributed by atoms with van der Waals surface area (Å²) in [4.78, 5) is 14.1. The van der Waals surface area contributed by atoms with Crippen molar-refractivity contribution in [3.05, 3.63) is 76.2 Å². The third kappa shape index (κ3) is 3.93. The molecule has 0 spiro atoms. The molecule has 1 fully saturated rings. The number of halogens is 3. The van der Waals surface area contributed by atoms with Gasteiger partial charge in [0, 0.05) is 0 Å². The van der Waals surface area contributed by atoms with E-state index >= 15 is 0 Å². The second kappa shape index (κ2) is 7.01. The van der Waals surface area contributed by atoms with Crippen LogP contribution < -0.4 is 0 Å². The van der Waals surface area contributed by atoms with Gasteiger partial charge in [-0.05, 0) is 23.3 Å². The van der Waals surface area contributed by atoms with E-state index in [1.807, 2.05) is 30.3 Å². The predicted molar refractivity (Wildman–Crippen MR) is 96.6 cm³/mol. The third-order valence-electron chi connectivity index (χ3n) is 3.61. The molecule has 2 aromatic carbocycles. The maximum absolute atomic E-state index is 13.1. The van der Waals surface area contributed by atoms with E-state index in [1.54, 1.807) is 0 Å². The number of amides is 1. The molecule has 0 N–H and O–H groups in total. The Morgan fingerprint density at radius 2 is 1.68 bits per heavy atom. The molecule has 3 rings (SSSR count). The molecule has 0 atom stereocenters. The smallest absolute Gasteiger partial charge is 0.288 e. The fraction of sp³-hybridized carbons (Fsp3) is 0.111. The molecule has 1 amide bonds. The van der Waals surface area contributed by atoms with Crippen molar-refractivity contribution >= 4 is 40.3 Å². The fourth-order valence-electron chi connectivity index (χ4n) is 2.42. The molecule has 0 radical (unpaired) electrons. The van der Waals surface area contributed by atoms with E-state index in [2.05, 4.69) is 0 Å². The van der Waals surface area contributed by atoms with Crippen LogP contribution >= 0.6 is 24.0 Å². The normalized spacial score (nSPS) is 16.8. The molecule has 1 saturated heterocycles. The van der Waals surface area contributed by atoms with Crippen LogP contribution in [-0.4, -0.2) is 15.1 Å². The maximum Gasteiger partial charge on any atom is 0.416 e. The first-order chi connectivity index (χ1) is 11.9. The number of benzene rings is 2. The number of carbonyl (C=O) groups is 1. The number of thiocarbonyl (C=S) groups is 1. The molecule has 0 unspecified atom stereocenters. The Hall–Kier alpha value is -2.12. The largest absolute Gasteiger partial charge is 0.416 e. The lowest BCUT2D eigenvalue weighted by Crippen LogP contribution is -2.27. The number of thioether (sulfide) groups is 1. The van der Waals surface area contributed by atoms with Gasteiger partial charge < -0.3 is 0 Å². The number of hydrogen-bond acceptors (Lipinski definition) is 3. The van der Waals surface area contributed by atoms with Gasteiger partial charge in [0.1, 0.15) is 4.32 Å².